The minimum atomic E-state index is -4.79. The molecule has 0 saturated carbocycles. The molecule has 1 N–H and O–H groups in total. The van der Waals surface area contributed by atoms with Gasteiger partial charge in [0, 0.05) is 0 Å². The molecular weight excluding hydrogens is 2870 g/mol. The molecule has 0 amide bonds. The van der Waals surface area contributed by atoms with Gasteiger partial charge in [-0.15, -0.1) is 0 Å². The molecule has 52 heteroatoms. The minimum absolute atomic E-state index is 0. The van der Waals surface area contributed by atoms with Crippen LogP contribution in [0.4, 0.5) is 114 Å². The second-order valence-electron chi connectivity index (χ2n) is 32.7. The van der Waals surface area contributed by atoms with Crippen LogP contribution in [0.15, 0.2) is 292 Å². The third kappa shape index (κ3) is 25.8. The van der Waals surface area contributed by atoms with Crippen LogP contribution in [0.1, 0.15) is 128 Å². The maximum atomic E-state index is 14.7. The predicted molar refractivity (Wildman–Crippen MR) is 546 cm³/mol. The third-order valence-electron chi connectivity index (χ3n) is 20.4. The first-order chi connectivity index (χ1) is 68.2. The Morgan fingerprint density at radius 2 is 0.649 bits per heavy atom. The van der Waals surface area contributed by atoms with Gasteiger partial charge in [-0.2, -0.15) is 0 Å². The molecule has 0 fully saturated rings. The fraction of sp³-hybridized carbons (Fsp3) is 0.281. The van der Waals surface area contributed by atoms with Crippen LogP contribution in [0.2, 0.25) is 0 Å². The largest absolute Gasteiger partial charge is 1.00 e. The number of carbonyl (C=O) groups excluding carboxylic acids is 3. The molecule has 148 heavy (non-hydrogen) atoms. The van der Waals surface area contributed by atoms with E-state index in [0.29, 0.717) is 32.9 Å². The molecule has 0 bridgehead atoms. The van der Waals surface area contributed by atoms with Gasteiger partial charge in [0.05, 0.1) is 0 Å². The molecule has 0 unspecified atom stereocenters. The van der Waals surface area contributed by atoms with Crippen LogP contribution in [0.25, 0.3) is 0 Å². The molecule has 0 aliphatic carbocycles. The van der Waals surface area contributed by atoms with E-state index in [1.165, 1.54) is 178 Å². The smallest absolute Gasteiger partial charge is 1.00 e. The number of aliphatic hydroxyl groups is 1. The zero-order chi connectivity index (χ0) is 108. The molecule has 8 heterocycles. The average molecular weight is 2950 g/mol. The Morgan fingerprint density at radius 1 is 0.358 bits per heavy atom. The van der Waals surface area contributed by atoms with Gasteiger partial charge in [-0.1, -0.05) is 0 Å². The summed E-state index contributed by atoms with van der Waals surface area (Å²) in [4.78, 5) is 41.0. The van der Waals surface area contributed by atoms with E-state index in [-0.39, 0.29) is 76.7 Å². The normalized spacial score (nSPS) is 17.1. The van der Waals surface area contributed by atoms with Crippen molar-refractivity contribution in [2.45, 2.75) is 156 Å². The van der Waals surface area contributed by atoms with E-state index in [0.717, 1.165) is 55.3 Å². The second-order valence-corrected chi connectivity index (χ2v) is 64.5. The van der Waals surface area contributed by atoms with Crippen LogP contribution in [-0.2, 0) is 59.3 Å². The van der Waals surface area contributed by atoms with Crippen molar-refractivity contribution < 1.29 is 179 Å². The van der Waals surface area contributed by atoms with Crippen LogP contribution >= 0.6 is 149 Å². The summed E-state index contributed by atoms with van der Waals surface area (Å²) in [6.07, 6.45) is -7.74. The van der Waals surface area contributed by atoms with Crippen LogP contribution in [-0.4, -0.2) is 88.5 Å². The molecule has 0 saturated heterocycles. The molecule has 808 valence electrons. The number of halogens is 35. The standard InChI is InChI=1S/C20H22ClF4IO2.C17H15F4IO2.C15H9F4IO3.C14H13F4IN2O.C12H7F4IN2O2.C10H10F3IO.C8H4F3IO2.ClH/c1-4-7-14-10-12-15(13-11-14)28-20(24,25)19(22,23)26(21)17-9-6-5-8-16(17)18(2,3)27;1-15(2)13-10-6-7-11-14(13)22(24-15)16(18,19)17(20,21)23-12-8-4-3-5-9-12;16-14(17,15(18,19)22-10-6-2-1-3-7-10)20-12-9-5-4-8-11(12)13(21)23-20;1-12(2)10-5-3-4-6-11(10)19(22-12)13(15,16)14(17,18)21-8-7-20-9-21;13-11(14,12(15,16)19-6-5-18-7-19)17-9-4-2-1-3-8(9)10(20)21-17;1-9(2)7-5-3-4-6-8(7)14(15-9)10(11,12)13;9-8(10,11)12-6-4-2-1-3-5(6)7(13)14-12;/h5-6,8-13,27H,4,7H2,1-3H3;3-11H,1-2H3;1-9H;3-9H,1-2H3;1-7H;3-6H,1-2H3;1-4H;1H/p-1. The molecule has 12 aromatic rings. The number of rotatable bonds is 22. The van der Waals surface area contributed by atoms with Gasteiger partial charge in [0.2, 0.25) is 0 Å². The van der Waals surface area contributed by atoms with Crippen LogP contribution in [0.3, 0.4) is 0 Å². The van der Waals surface area contributed by atoms with E-state index >= 15 is 0 Å². The number of alkyl halides is 33. The van der Waals surface area contributed by atoms with Crippen molar-refractivity contribution in [3.8, 4) is 17.2 Å². The maximum Gasteiger partial charge on any atom is -1.00 e. The van der Waals surface area contributed by atoms with Gasteiger partial charge in [0.15, 0.2) is 0 Å². The van der Waals surface area contributed by atoms with Crippen molar-refractivity contribution in [2.24, 2.45) is 0 Å². The van der Waals surface area contributed by atoms with Crippen LogP contribution in [0, 0.1) is 25.0 Å². The zero-order valence-electron chi connectivity index (χ0n) is 77.0. The summed E-state index contributed by atoms with van der Waals surface area (Å²) in [7, 11) is 5.96. The van der Waals surface area contributed by atoms with E-state index in [1.807, 2.05) is 6.92 Å². The first-order valence-electron chi connectivity index (χ1n) is 42.1. The van der Waals surface area contributed by atoms with Crippen molar-refractivity contribution in [1.29, 1.82) is 0 Å². The number of carbonyl (C=O) groups is 3. The minimum Gasteiger partial charge on any atom is -1.00 e. The first kappa shape index (κ1) is 120. The molecule has 18 rings (SSSR count). The van der Waals surface area contributed by atoms with E-state index in [2.05, 4.69) is 33.4 Å². The number of aromatic nitrogens is 4. The number of fused-ring (bicyclic) bond motifs is 6. The number of nitrogens with zero attached hydrogens (tertiary/aromatic N) is 4. The Balaban J connectivity index is 0.000000165. The summed E-state index contributed by atoms with van der Waals surface area (Å²) >= 11 is -28.0. The monoisotopic (exact) mass is 2950 g/mol. The number of benzene rings is 10. The summed E-state index contributed by atoms with van der Waals surface area (Å²) in [6.45, 7) is 14.6. The second kappa shape index (κ2) is 46.4. The van der Waals surface area contributed by atoms with Gasteiger partial charge in [-0.3, -0.25) is 0 Å². The van der Waals surface area contributed by atoms with Gasteiger partial charge in [-0.05, 0) is 0 Å². The van der Waals surface area contributed by atoms with E-state index < -0.39 is 245 Å². The summed E-state index contributed by atoms with van der Waals surface area (Å²) < 4.78 is 375. The Labute approximate surface area is 890 Å². The Morgan fingerprint density at radius 3 is 1.01 bits per heavy atom. The summed E-state index contributed by atoms with van der Waals surface area (Å²) in [5.41, 5.74) is -1.61. The van der Waals surface area contributed by atoms with Crippen molar-refractivity contribution in [3.05, 3.63) is 362 Å². The molecule has 6 aliphatic heterocycles. The fourth-order valence-electron chi connectivity index (χ4n) is 13.4. The fourth-order valence-corrected chi connectivity index (χ4v) is 44.4. The number of para-hydroxylation sites is 2. The molecule has 2 aromatic heterocycles. The number of imidazole rings is 2. The molecule has 0 radical (unpaired) electrons. The van der Waals surface area contributed by atoms with E-state index in [1.54, 1.807) is 120 Å². The molecule has 0 spiro atoms. The molecule has 0 atom stereocenters. The van der Waals surface area contributed by atoms with Gasteiger partial charge in [-0.25, -0.2) is 0 Å². The van der Waals surface area contributed by atoms with Crippen LogP contribution in [0.5, 0.6) is 17.2 Å². The quantitative estimate of drug-likeness (QED) is 0.0383. The molecular formula is C96H80Cl2F26I7N4O13-. The van der Waals surface area contributed by atoms with Gasteiger partial charge in [0.1, 0.15) is 0 Å². The number of aryl methyl sites for hydroxylation is 1. The van der Waals surface area contributed by atoms with Crippen LogP contribution < -0.4 is 26.6 Å². The Kier molecular flexibility index (Phi) is 37.8. The number of hydrogen-bond donors (Lipinski definition) is 1. The van der Waals surface area contributed by atoms with E-state index in [9.17, 15) is 134 Å². The summed E-state index contributed by atoms with van der Waals surface area (Å²) in [5.74, 6) is -3.89. The zero-order valence-corrected chi connectivity index (χ0v) is 93.6. The predicted octanol–water partition coefficient (Wildman–Crippen LogP) is 29.6. The first-order valence-corrected chi connectivity index (χ1v) is 65.2. The molecule has 6 aliphatic rings. The molecule has 17 nitrogen and oxygen atoms in total. The average Bonchev–Trinajstić information content (AvgIpc) is 1.59. The maximum absolute atomic E-state index is 14.7. The summed E-state index contributed by atoms with van der Waals surface area (Å²) in [6, 6.07) is 51.6. The van der Waals surface area contributed by atoms with Crippen molar-refractivity contribution in [2.75, 3.05) is 0 Å². The van der Waals surface area contributed by atoms with Crippen molar-refractivity contribution in [3.63, 3.8) is 0 Å². The number of hydrogen-bond acceptors (Lipinski definition) is 15. The topological polar surface area (TPSA) is 190 Å². The SMILES string of the molecule is CC1(C)OI(C(F)(F)C(F)(F)Oc2ccccc2)c2ccccc21.CC1(C)OI(C(F)(F)C(F)(F)n2ccnc2)c2ccccc21.CC1(C)OI(C(F)(F)F)c2ccccc21.CCCc1ccc(OC(F)(F)C(F)(F)I(Cl)c2ccccc2C(C)(C)O)cc1.O=C1OI(C(F)(F)C(F)(F)Oc2ccccc2)c2ccccc21.O=C1OI(C(F)(F)C(F)(F)n2ccnc2)c2ccccc21.O=C1OI(C(F)(F)F)c2ccccc21.[Cl-]. The van der Waals surface area contributed by atoms with Crippen molar-refractivity contribution >= 4 is 167 Å². The Bertz CT molecular complexity index is 6600. The van der Waals surface area contributed by atoms with Gasteiger partial charge >= 0.3 is 887 Å². The molecule has 10 aromatic carbocycles. The third-order valence-corrected chi connectivity index (χ3v) is 55.2. The van der Waals surface area contributed by atoms with Gasteiger partial charge < -0.3 is 12.4 Å². The van der Waals surface area contributed by atoms with E-state index in [4.69, 9.17) is 18.1 Å². The van der Waals surface area contributed by atoms with Crippen molar-refractivity contribution in [1.82, 2.24) is 19.1 Å². The Hall–Kier alpha value is -7.86. The number of ether oxygens (including phenoxy) is 3. The van der Waals surface area contributed by atoms with Gasteiger partial charge in [0.25, 0.3) is 0 Å². The summed E-state index contributed by atoms with van der Waals surface area (Å²) in [5, 5.41) is 10.2.